The number of esters is 1. The van der Waals surface area contributed by atoms with Crippen molar-refractivity contribution in [2.45, 2.75) is 12.1 Å². The molecule has 0 aliphatic heterocycles. The topological polar surface area (TPSA) is 74.1 Å². The van der Waals surface area contributed by atoms with E-state index in [0.29, 0.717) is 27.5 Å². The molecule has 0 unspecified atom stereocenters. The minimum absolute atomic E-state index is 0.129. The first kappa shape index (κ1) is 16.2. The quantitative estimate of drug-likeness (QED) is 0.316. The Morgan fingerprint density at radius 2 is 1.96 bits per heavy atom. The van der Waals surface area contributed by atoms with Gasteiger partial charge in [-0.15, -0.1) is 0 Å². The van der Waals surface area contributed by atoms with Crippen molar-refractivity contribution in [1.29, 1.82) is 0 Å². The number of nitrogens with zero attached hydrogens (tertiary/aromatic N) is 3. The molecule has 7 heteroatoms. The molecule has 6 nitrogen and oxygen atoms in total. The van der Waals surface area contributed by atoms with Crippen LogP contribution in [0.15, 0.2) is 46.6 Å². The second-order valence-corrected chi connectivity index (χ2v) is 5.97. The van der Waals surface area contributed by atoms with Crippen molar-refractivity contribution >= 4 is 28.8 Å². The van der Waals surface area contributed by atoms with Crippen LogP contribution in [0.3, 0.4) is 0 Å². The fourth-order valence-corrected chi connectivity index (χ4v) is 2.75. The third kappa shape index (κ3) is 3.03. The normalized spacial score (nSPS) is 10.8. The summed E-state index contributed by atoms with van der Waals surface area (Å²) in [5.41, 5.74) is 1.75. The molecule has 2 heterocycles. The van der Waals surface area contributed by atoms with E-state index < -0.39 is 0 Å². The third-order valence-corrected chi connectivity index (χ3v) is 4.06. The molecule has 24 heavy (non-hydrogen) atoms. The maximum Gasteiger partial charge on any atom is 0.308 e. The fraction of sp³-hybridized carbons (Fsp3) is 0.176. The van der Waals surface area contributed by atoms with E-state index in [4.69, 9.17) is 4.74 Å². The van der Waals surface area contributed by atoms with Crippen LogP contribution in [0.25, 0.3) is 22.2 Å². The maximum absolute atomic E-state index is 12.8. The number of benzene rings is 1. The summed E-state index contributed by atoms with van der Waals surface area (Å²) in [7, 11) is 1.84. The van der Waals surface area contributed by atoms with Crippen LogP contribution in [0.1, 0.15) is 6.92 Å². The van der Waals surface area contributed by atoms with Crippen LogP contribution in [0.2, 0.25) is 0 Å². The van der Waals surface area contributed by atoms with E-state index >= 15 is 0 Å². The average molecular weight is 341 g/mol. The van der Waals surface area contributed by atoms with Gasteiger partial charge in [0.15, 0.2) is 10.6 Å². The number of hydrogen-bond donors (Lipinski definition) is 0. The summed E-state index contributed by atoms with van der Waals surface area (Å²) in [5, 5.41) is 1.09. The number of aromatic nitrogens is 3. The van der Waals surface area contributed by atoms with Crippen LogP contribution >= 0.6 is 11.8 Å². The van der Waals surface area contributed by atoms with Crippen molar-refractivity contribution in [2.24, 2.45) is 7.05 Å². The summed E-state index contributed by atoms with van der Waals surface area (Å²) in [4.78, 5) is 32.3. The minimum Gasteiger partial charge on any atom is -0.427 e. The first-order valence-electron chi connectivity index (χ1n) is 7.19. The molecule has 0 bridgehead atoms. The summed E-state index contributed by atoms with van der Waals surface area (Å²) in [6.07, 6.45) is 5.20. The van der Waals surface area contributed by atoms with Crippen LogP contribution < -0.4 is 10.2 Å². The lowest BCUT2D eigenvalue weighted by atomic mass is 10.1. The molecule has 122 valence electrons. The number of hydrogen-bond acceptors (Lipinski definition) is 6. The van der Waals surface area contributed by atoms with Gasteiger partial charge in [0.1, 0.15) is 11.4 Å². The van der Waals surface area contributed by atoms with Crippen molar-refractivity contribution in [3.8, 4) is 16.9 Å². The van der Waals surface area contributed by atoms with Crippen LogP contribution in [0, 0.1) is 0 Å². The number of ether oxygens (including phenoxy) is 1. The van der Waals surface area contributed by atoms with E-state index in [-0.39, 0.29) is 11.4 Å². The molecular formula is C17H15N3O3S. The Kier molecular flexibility index (Phi) is 4.35. The summed E-state index contributed by atoms with van der Waals surface area (Å²) < 4.78 is 6.82. The van der Waals surface area contributed by atoms with Crippen LogP contribution in [0.5, 0.6) is 5.75 Å². The van der Waals surface area contributed by atoms with Crippen molar-refractivity contribution in [2.75, 3.05) is 6.26 Å². The largest absolute Gasteiger partial charge is 0.427 e. The molecule has 0 fully saturated rings. The molecule has 0 atom stereocenters. The molecule has 0 saturated heterocycles. The number of rotatable bonds is 3. The van der Waals surface area contributed by atoms with E-state index in [0.717, 1.165) is 5.56 Å². The van der Waals surface area contributed by atoms with E-state index in [1.165, 1.54) is 18.7 Å². The van der Waals surface area contributed by atoms with Gasteiger partial charge in [0.2, 0.25) is 0 Å². The summed E-state index contributed by atoms with van der Waals surface area (Å²) in [5.74, 6) is 0.0583. The van der Waals surface area contributed by atoms with E-state index in [1.807, 2.05) is 17.9 Å². The van der Waals surface area contributed by atoms with Gasteiger partial charge in [-0.25, -0.2) is 9.97 Å². The Hall–Kier alpha value is -2.67. The number of carbonyl (C=O) groups is 1. The molecule has 0 spiro atoms. The van der Waals surface area contributed by atoms with Gasteiger partial charge in [0.25, 0.3) is 0 Å². The zero-order valence-electron chi connectivity index (χ0n) is 13.4. The number of carbonyl (C=O) groups excluding carboxylic acids is 1. The van der Waals surface area contributed by atoms with E-state index in [9.17, 15) is 9.59 Å². The summed E-state index contributed by atoms with van der Waals surface area (Å²) >= 11 is 1.43. The Labute approximate surface area is 142 Å². The van der Waals surface area contributed by atoms with Gasteiger partial charge in [-0.05, 0) is 24.0 Å². The Balaban J connectivity index is 2.11. The number of thioether (sulfide) groups is 1. The highest BCUT2D eigenvalue weighted by molar-refractivity contribution is 7.98. The second kappa shape index (κ2) is 6.45. The maximum atomic E-state index is 12.8. The van der Waals surface area contributed by atoms with Gasteiger partial charge in [-0.1, -0.05) is 23.9 Å². The van der Waals surface area contributed by atoms with Gasteiger partial charge in [0, 0.05) is 31.9 Å². The fourth-order valence-electron chi connectivity index (χ4n) is 2.42. The molecule has 0 N–H and O–H groups in total. The monoisotopic (exact) mass is 341 g/mol. The Morgan fingerprint density at radius 3 is 2.58 bits per heavy atom. The standard InChI is InChI=1S/C17H15N3O3S/c1-10(21)23-12-6-4-11(5-7-12)14-9-20(2)16-13(15(14)22)8-18-17(19-16)24-3/h4-9H,1-3H3. The highest BCUT2D eigenvalue weighted by Gasteiger charge is 2.12. The molecule has 1 aromatic carbocycles. The second-order valence-electron chi connectivity index (χ2n) is 5.19. The first-order chi connectivity index (χ1) is 11.5. The van der Waals surface area contributed by atoms with Crippen molar-refractivity contribution in [1.82, 2.24) is 14.5 Å². The number of aryl methyl sites for hydroxylation is 1. The van der Waals surface area contributed by atoms with Crippen LogP contribution in [-0.2, 0) is 11.8 Å². The highest BCUT2D eigenvalue weighted by Crippen LogP contribution is 2.22. The SMILES string of the molecule is CSc1ncc2c(=O)c(-c3ccc(OC(C)=O)cc3)cn(C)c2n1. The molecule has 0 aliphatic carbocycles. The van der Waals surface area contributed by atoms with Gasteiger partial charge < -0.3 is 9.30 Å². The van der Waals surface area contributed by atoms with Crippen LogP contribution in [0.4, 0.5) is 0 Å². The molecule has 3 rings (SSSR count). The average Bonchev–Trinajstić information content (AvgIpc) is 2.58. The molecule has 0 aliphatic rings. The van der Waals surface area contributed by atoms with Crippen molar-refractivity contribution in [3.05, 3.63) is 46.9 Å². The highest BCUT2D eigenvalue weighted by atomic mass is 32.2. The lowest BCUT2D eigenvalue weighted by Crippen LogP contribution is -2.12. The Morgan fingerprint density at radius 1 is 1.25 bits per heavy atom. The van der Waals surface area contributed by atoms with Crippen molar-refractivity contribution in [3.63, 3.8) is 0 Å². The molecule has 0 saturated carbocycles. The minimum atomic E-state index is -0.383. The smallest absolute Gasteiger partial charge is 0.308 e. The first-order valence-corrected chi connectivity index (χ1v) is 8.41. The van der Waals surface area contributed by atoms with Gasteiger partial charge in [0.05, 0.1) is 5.39 Å². The van der Waals surface area contributed by atoms with Gasteiger partial charge >= 0.3 is 5.97 Å². The molecular weight excluding hydrogens is 326 g/mol. The van der Waals surface area contributed by atoms with E-state index in [2.05, 4.69) is 9.97 Å². The number of pyridine rings is 1. The molecule has 0 radical (unpaired) electrons. The summed E-state index contributed by atoms with van der Waals surface area (Å²) in [6, 6.07) is 6.82. The number of fused-ring (bicyclic) bond motifs is 1. The third-order valence-electron chi connectivity index (χ3n) is 3.50. The lowest BCUT2D eigenvalue weighted by molar-refractivity contribution is -0.131. The Bertz CT molecular complexity index is 981. The van der Waals surface area contributed by atoms with E-state index in [1.54, 1.807) is 36.7 Å². The lowest BCUT2D eigenvalue weighted by Gasteiger charge is -2.09. The predicted molar refractivity (Wildman–Crippen MR) is 93.3 cm³/mol. The zero-order chi connectivity index (χ0) is 17.3. The van der Waals surface area contributed by atoms with Gasteiger partial charge in [-0.2, -0.15) is 0 Å². The van der Waals surface area contributed by atoms with Crippen LogP contribution in [-0.4, -0.2) is 26.8 Å². The molecule has 2 aromatic heterocycles. The zero-order valence-corrected chi connectivity index (χ0v) is 14.3. The predicted octanol–water partition coefficient (Wildman–Crippen LogP) is 2.64. The molecule has 0 amide bonds. The van der Waals surface area contributed by atoms with Crippen molar-refractivity contribution < 1.29 is 9.53 Å². The van der Waals surface area contributed by atoms with Gasteiger partial charge in [-0.3, -0.25) is 9.59 Å². The summed E-state index contributed by atoms with van der Waals surface area (Å²) in [6.45, 7) is 1.34. The molecule has 3 aromatic rings.